The van der Waals surface area contributed by atoms with Gasteiger partial charge in [-0.3, -0.25) is 4.79 Å². The number of hydrogen-bond acceptors (Lipinski definition) is 2. The second kappa shape index (κ2) is 5.92. The third-order valence-electron chi connectivity index (χ3n) is 4.21. The van der Waals surface area contributed by atoms with Crippen LogP contribution in [0.4, 0.5) is 4.39 Å². The highest BCUT2D eigenvalue weighted by Crippen LogP contribution is 2.24. The number of hydrogen-bond donors (Lipinski definition) is 2. The number of benzene rings is 1. The molecule has 20 heavy (non-hydrogen) atoms. The molecule has 1 aliphatic rings. The standard InChI is InChI=1S/C16H23FN2O/c1-11-14(5-4-10-18-11)19-15(20)16(2,3)12-6-8-13(17)9-7-12/h6-9,11,14,18H,4-5,10H2,1-3H3,(H,19,20). The van der Waals surface area contributed by atoms with Gasteiger partial charge in [-0.15, -0.1) is 0 Å². The highest BCUT2D eigenvalue weighted by atomic mass is 19.1. The van der Waals surface area contributed by atoms with E-state index in [-0.39, 0.29) is 23.8 Å². The lowest BCUT2D eigenvalue weighted by Gasteiger charge is -2.34. The minimum atomic E-state index is -0.662. The first-order valence-electron chi connectivity index (χ1n) is 7.21. The van der Waals surface area contributed by atoms with Gasteiger partial charge in [-0.2, -0.15) is 0 Å². The molecule has 3 nitrogen and oxygen atoms in total. The Balaban J connectivity index is 2.08. The molecule has 1 amide bonds. The number of halogens is 1. The number of rotatable bonds is 3. The fraction of sp³-hybridized carbons (Fsp3) is 0.562. The Labute approximate surface area is 120 Å². The molecule has 0 spiro atoms. The smallest absolute Gasteiger partial charge is 0.230 e. The van der Waals surface area contributed by atoms with Crippen molar-refractivity contribution in [2.45, 2.75) is 51.1 Å². The Morgan fingerprint density at radius 3 is 2.60 bits per heavy atom. The van der Waals surface area contributed by atoms with Gasteiger partial charge in [-0.25, -0.2) is 4.39 Å². The van der Waals surface area contributed by atoms with Crippen LogP contribution in [0.3, 0.4) is 0 Å². The van der Waals surface area contributed by atoms with Crippen LogP contribution in [0.25, 0.3) is 0 Å². The van der Waals surface area contributed by atoms with E-state index in [0.717, 1.165) is 24.9 Å². The lowest BCUT2D eigenvalue weighted by atomic mass is 9.83. The van der Waals surface area contributed by atoms with Crippen LogP contribution in [0.5, 0.6) is 0 Å². The van der Waals surface area contributed by atoms with Gasteiger partial charge in [0.25, 0.3) is 0 Å². The van der Waals surface area contributed by atoms with Crippen molar-refractivity contribution in [1.82, 2.24) is 10.6 Å². The zero-order chi connectivity index (χ0) is 14.8. The minimum Gasteiger partial charge on any atom is -0.351 e. The molecule has 2 unspecified atom stereocenters. The molecule has 2 N–H and O–H groups in total. The van der Waals surface area contributed by atoms with Crippen molar-refractivity contribution in [3.63, 3.8) is 0 Å². The maximum Gasteiger partial charge on any atom is 0.230 e. The lowest BCUT2D eigenvalue weighted by Crippen LogP contribution is -2.55. The van der Waals surface area contributed by atoms with Crippen LogP contribution in [0.1, 0.15) is 39.2 Å². The van der Waals surface area contributed by atoms with E-state index in [1.807, 2.05) is 13.8 Å². The van der Waals surface area contributed by atoms with E-state index >= 15 is 0 Å². The van der Waals surface area contributed by atoms with Crippen molar-refractivity contribution < 1.29 is 9.18 Å². The first-order valence-corrected chi connectivity index (χ1v) is 7.21. The highest BCUT2D eigenvalue weighted by molar-refractivity contribution is 5.87. The van der Waals surface area contributed by atoms with Gasteiger partial charge < -0.3 is 10.6 Å². The van der Waals surface area contributed by atoms with Crippen molar-refractivity contribution in [2.75, 3.05) is 6.54 Å². The van der Waals surface area contributed by atoms with Crippen LogP contribution in [-0.2, 0) is 10.2 Å². The van der Waals surface area contributed by atoms with Crippen molar-refractivity contribution >= 4 is 5.91 Å². The monoisotopic (exact) mass is 278 g/mol. The second-order valence-electron chi connectivity index (χ2n) is 6.10. The van der Waals surface area contributed by atoms with Crippen molar-refractivity contribution in [3.8, 4) is 0 Å². The maximum atomic E-state index is 13.0. The summed E-state index contributed by atoms with van der Waals surface area (Å²) in [5, 5.41) is 6.50. The molecule has 1 aromatic carbocycles. The molecule has 0 radical (unpaired) electrons. The van der Waals surface area contributed by atoms with Crippen LogP contribution in [0, 0.1) is 5.82 Å². The Kier molecular flexibility index (Phi) is 4.43. The fourth-order valence-electron chi connectivity index (χ4n) is 2.59. The molecule has 2 atom stereocenters. The summed E-state index contributed by atoms with van der Waals surface area (Å²) in [7, 11) is 0. The minimum absolute atomic E-state index is 0.00958. The molecule has 0 saturated carbocycles. The van der Waals surface area contributed by atoms with Gasteiger partial charge in [0, 0.05) is 12.1 Å². The van der Waals surface area contributed by atoms with Crippen molar-refractivity contribution in [1.29, 1.82) is 0 Å². The predicted octanol–water partition coefficient (Wildman–Crippen LogP) is 2.36. The molecule has 4 heteroatoms. The molecule has 0 bridgehead atoms. The fourth-order valence-corrected chi connectivity index (χ4v) is 2.59. The molecular weight excluding hydrogens is 255 g/mol. The molecule has 0 aromatic heterocycles. The van der Waals surface area contributed by atoms with Gasteiger partial charge >= 0.3 is 0 Å². The topological polar surface area (TPSA) is 41.1 Å². The third-order valence-corrected chi connectivity index (χ3v) is 4.21. The van der Waals surface area contributed by atoms with E-state index in [4.69, 9.17) is 0 Å². The number of carbonyl (C=O) groups is 1. The van der Waals surface area contributed by atoms with Gasteiger partial charge in [0.15, 0.2) is 0 Å². The third kappa shape index (κ3) is 3.18. The van der Waals surface area contributed by atoms with E-state index in [2.05, 4.69) is 17.6 Å². The van der Waals surface area contributed by atoms with Gasteiger partial charge in [0.2, 0.25) is 5.91 Å². The van der Waals surface area contributed by atoms with Crippen molar-refractivity contribution in [2.24, 2.45) is 0 Å². The van der Waals surface area contributed by atoms with E-state index in [1.165, 1.54) is 12.1 Å². The summed E-state index contributed by atoms with van der Waals surface area (Å²) < 4.78 is 13.0. The van der Waals surface area contributed by atoms with Crippen molar-refractivity contribution in [3.05, 3.63) is 35.6 Å². The summed E-state index contributed by atoms with van der Waals surface area (Å²) in [6, 6.07) is 6.60. The van der Waals surface area contributed by atoms with Gasteiger partial charge in [-0.1, -0.05) is 12.1 Å². The number of piperidine rings is 1. The Morgan fingerprint density at radius 2 is 2.00 bits per heavy atom. The quantitative estimate of drug-likeness (QED) is 0.891. The summed E-state index contributed by atoms with van der Waals surface area (Å²) in [5.74, 6) is -0.292. The SMILES string of the molecule is CC1NCCCC1NC(=O)C(C)(C)c1ccc(F)cc1. The summed E-state index contributed by atoms with van der Waals surface area (Å²) in [6.45, 7) is 6.84. The molecule has 1 fully saturated rings. The first kappa shape index (κ1) is 15.0. The lowest BCUT2D eigenvalue weighted by molar-refractivity contribution is -0.126. The van der Waals surface area contributed by atoms with Gasteiger partial charge in [0.1, 0.15) is 5.82 Å². The molecule has 0 aliphatic carbocycles. The Morgan fingerprint density at radius 1 is 1.35 bits per heavy atom. The number of carbonyl (C=O) groups excluding carboxylic acids is 1. The van der Waals surface area contributed by atoms with E-state index < -0.39 is 5.41 Å². The second-order valence-corrected chi connectivity index (χ2v) is 6.10. The largest absolute Gasteiger partial charge is 0.351 e. The predicted molar refractivity (Wildman–Crippen MR) is 78.1 cm³/mol. The van der Waals surface area contributed by atoms with Gasteiger partial charge in [0.05, 0.1) is 5.41 Å². The van der Waals surface area contributed by atoms with Crippen LogP contribution in [0.15, 0.2) is 24.3 Å². The average molecular weight is 278 g/mol. The van der Waals surface area contributed by atoms with E-state index in [1.54, 1.807) is 12.1 Å². The van der Waals surface area contributed by atoms with E-state index in [0.29, 0.717) is 0 Å². The van der Waals surface area contributed by atoms with E-state index in [9.17, 15) is 9.18 Å². The average Bonchev–Trinajstić information content (AvgIpc) is 2.41. The number of amides is 1. The normalized spacial score (nSPS) is 23.4. The van der Waals surface area contributed by atoms with Crippen LogP contribution in [0.2, 0.25) is 0 Å². The van der Waals surface area contributed by atoms with Gasteiger partial charge in [-0.05, 0) is 57.9 Å². The van der Waals surface area contributed by atoms with Crippen LogP contribution in [-0.4, -0.2) is 24.5 Å². The summed E-state index contributed by atoms with van der Waals surface area (Å²) >= 11 is 0. The zero-order valence-electron chi connectivity index (χ0n) is 12.4. The van der Waals surface area contributed by atoms with Crippen LogP contribution >= 0.6 is 0 Å². The molecule has 1 aliphatic heterocycles. The summed E-state index contributed by atoms with van der Waals surface area (Å²) in [6.07, 6.45) is 2.08. The first-order chi connectivity index (χ1) is 9.41. The molecule has 1 saturated heterocycles. The molecule has 1 aromatic rings. The molecule has 110 valence electrons. The summed E-state index contributed by atoms with van der Waals surface area (Å²) in [5.41, 5.74) is 0.165. The molecular formula is C16H23FN2O. The maximum absolute atomic E-state index is 13.0. The number of nitrogens with one attached hydrogen (secondary N) is 2. The Hall–Kier alpha value is -1.42. The summed E-state index contributed by atoms with van der Waals surface area (Å²) in [4.78, 5) is 12.5. The Bertz CT molecular complexity index is 470. The highest BCUT2D eigenvalue weighted by Gasteiger charge is 2.33. The zero-order valence-corrected chi connectivity index (χ0v) is 12.4. The molecule has 1 heterocycles. The molecule has 2 rings (SSSR count). The van der Waals surface area contributed by atoms with Crippen LogP contribution < -0.4 is 10.6 Å².